The van der Waals surface area contributed by atoms with Crippen LogP contribution in [0.4, 0.5) is 4.39 Å². The molecule has 0 radical (unpaired) electrons. The van der Waals surface area contributed by atoms with Gasteiger partial charge in [0.05, 0.1) is 10.4 Å². The number of thiophene rings is 1. The fourth-order valence-corrected chi connectivity index (χ4v) is 2.25. The van der Waals surface area contributed by atoms with E-state index in [0.29, 0.717) is 4.88 Å². The van der Waals surface area contributed by atoms with Gasteiger partial charge in [-0.15, -0.1) is 11.3 Å². The summed E-state index contributed by atoms with van der Waals surface area (Å²) in [4.78, 5) is 12.5. The van der Waals surface area contributed by atoms with Crippen LogP contribution in [0.15, 0.2) is 35.7 Å². The summed E-state index contributed by atoms with van der Waals surface area (Å²) in [6.07, 6.45) is 0. The Morgan fingerprint density at radius 2 is 2.00 bits per heavy atom. The molecule has 0 aliphatic rings. The Kier molecular flexibility index (Phi) is 2.64. The van der Waals surface area contributed by atoms with Gasteiger partial charge in [-0.3, -0.25) is 4.79 Å². The molecule has 0 unspecified atom stereocenters. The van der Waals surface area contributed by atoms with E-state index >= 15 is 0 Å². The van der Waals surface area contributed by atoms with Crippen LogP contribution < -0.4 is 0 Å². The summed E-state index contributed by atoms with van der Waals surface area (Å²) in [5, 5.41) is 1.84. The third-order valence-electron chi connectivity index (χ3n) is 2.19. The smallest absolute Gasteiger partial charge is 0.206 e. The number of hydrogen-bond donors (Lipinski definition) is 0. The van der Waals surface area contributed by atoms with Gasteiger partial charge in [0.15, 0.2) is 0 Å². The van der Waals surface area contributed by atoms with Gasteiger partial charge in [-0.25, -0.2) is 4.39 Å². The molecule has 2 rings (SSSR count). The highest BCUT2D eigenvalue weighted by molar-refractivity contribution is 7.12. The zero-order valence-corrected chi connectivity index (χ0v) is 8.98. The molecule has 3 heteroatoms. The monoisotopic (exact) mass is 220 g/mol. The lowest BCUT2D eigenvalue weighted by Crippen LogP contribution is -2.03. The largest absolute Gasteiger partial charge is 0.288 e. The van der Waals surface area contributed by atoms with E-state index in [1.165, 1.54) is 23.5 Å². The predicted molar refractivity (Wildman–Crippen MR) is 58.9 cm³/mol. The van der Waals surface area contributed by atoms with Crippen molar-refractivity contribution in [1.29, 1.82) is 0 Å². The molecule has 1 aromatic carbocycles. The molecule has 2 aromatic rings. The quantitative estimate of drug-likeness (QED) is 0.709. The first kappa shape index (κ1) is 10.1. The molecule has 15 heavy (non-hydrogen) atoms. The zero-order chi connectivity index (χ0) is 10.8. The van der Waals surface area contributed by atoms with E-state index in [1.54, 1.807) is 12.1 Å². The second-order valence-corrected chi connectivity index (χ2v) is 4.16. The zero-order valence-electron chi connectivity index (χ0n) is 8.16. The highest BCUT2D eigenvalue weighted by Gasteiger charge is 2.16. The molecule has 1 aromatic heterocycles. The van der Waals surface area contributed by atoms with Crippen molar-refractivity contribution in [3.63, 3.8) is 0 Å². The Morgan fingerprint density at radius 3 is 2.60 bits per heavy atom. The van der Waals surface area contributed by atoms with Crippen LogP contribution in [0.1, 0.15) is 20.8 Å². The number of ketones is 1. The number of carbonyl (C=O) groups is 1. The van der Waals surface area contributed by atoms with E-state index in [0.717, 1.165) is 5.56 Å². The fraction of sp³-hybridized carbons (Fsp3) is 0.0833. The van der Waals surface area contributed by atoms with Gasteiger partial charge in [0.25, 0.3) is 0 Å². The molecule has 0 saturated heterocycles. The Morgan fingerprint density at radius 1 is 1.27 bits per heavy atom. The lowest BCUT2D eigenvalue weighted by atomic mass is 10.1. The molecule has 1 nitrogen and oxygen atoms in total. The molecule has 1 heterocycles. The molecule has 0 fully saturated rings. The number of hydrogen-bond acceptors (Lipinski definition) is 2. The summed E-state index contributed by atoms with van der Waals surface area (Å²) in [6, 6.07) is 7.92. The minimum Gasteiger partial charge on any atom is -0.288 e. The van der Waals surface area contributed by atoms with Crippen molar-refractivity contribution < 1.29 is 9.18 Å². The minimum absolute atomic E-state index is 0.142. The Labute approximate surface area is 91.2 Å². The maximum absolute atomic E-state index is 13.3. The Bertz CT molecular complexity index is 502. The number of benzene rings is 1. The first-order valence-corrected chi connectivity index (χ1v) is 5.41. The molecule has 0 atom stereocenters. The van der Waals surface area contributed by atoms with Crippen LogP contribution in [0.3, 0.4) is 0 Å². The number of rotatable bonds is 2. The van der Waals surface area contributed by atoms with Crippen LogP contribution in [0.25, 0.3) is 0 Å². The SMILES string of the molecule is Cc1ccsc1C(=O)c1ccccc1F. The van der Waals surface area contributed by atoms with E-state index < -0.39 is 5.82 Å². The highest BCUT2D eigenvalue weighted by atomic mass is 32.1. The number of halogens is 1. The van der Waals surface area contributed by atoms with Crippen molar-refractivity contribution >= 4 is 17.1 Å². The normalized spacial score (nSPS) is 10.3. The van der Waals surface area contributed by atoms with Crippen LogP contribution in [0, 0.1) is 12.7 Å². The van der Waals surface area contributed by atoms with E-state index in [4.69, 9.17) is 0 Å². The summed E-state index contributed by atoms with van der Waals surface area (Å²) in [6.45, 7) is 1.85. The molecule has 0 spiro atoms. The number of carbonyl (C=O) groups excluding carboxylic acids is 1. The van der Waals surface area contributed by atoms with E-state index in [1.807, 2.05) is 18.4 Å². The molecule has 0 bridgehead atoms. The molecule has 76 valence electrons. The van der Waals surface area contributed by atoms with Gasteiger partial charge in [-0.2, -0.15) is 0 Å². The summed E-state index contributed by atoms with van der Waals surface area (Å²) in [7, 11) is 0. The first-order chi connectivity index (χ1) is 7.20. The third kappa shape index (κ3) is 1.83. The molecular formula is C12H9FOS. The van der Waals surface area contributed by atoms with Crippen LogP contribution in [-0.4, -0.2) is 5.78 Å². The predicted octanol–water partition coefficient (Wildman–Crippen LogP) is 3.43. The second kappa shape index (κ2) is 3.95. The third-order valence-corrected chi connectivity index (χ3v) is 3.20. The van der Waals surface area contributed by atoms with Crippen molar-refractivity contribution in [1.82, 2.24) is 0 Å². The summed E-state index contributed by atoms with van der Waals surface area (Å²) >= 11 is 1.34. The van der Waals surface area contributed by atoms with E-state index in [9.17, 15) is 9.18 Å². The molecular weight excluding hydrogens is 211 g/mol. The summed E-state index contributed by atoms with van der Waals surface area (Å²) < 4.78 is 13.3. The van der Waals surface area contributed by atoms with Crippen LogP contribution >= 0.6 is 11.3 Å². The minimum atomic E-state index is -0.463. The van der Waals surface area contributed by atoms with Gasteiger partial charge < -0.3 is 0 Å². The van der Waals surface area contributed by atoms with Crippen LogP contribution in [-0.2, 0) is 0 Å². The van der Waals surface area contributed by atoms with Gasteiger partial charge in [0.2, 0.25) is 5.78 Å². The molecule has 0 N–H and O–H groups in total. The summed E-state index contributed by atoms with van der Waals surface area (Å²) in [5.74, 6) is -0.698. The average molecular weight is 220 g/mol. The molecule has 0 saturated carbocycles. The Balaban J connectivity index is 2.46. The number of aryl methyl sites for hydroxylation is 1. The van der Waals surface area contributed by atoms with Crippen molar-refractivity contribution in [2.75, 3.05) is 0 Å². The maximum Gasteiger partial charge on any atom is 0.206 e. The second-order valence-electron chi connectivity index (χ2n) is 3.24. The lowest BCUT2D eigenvalue weighted by Gasteiger charge is -2.00. The van der Waals surface area contributed by atoms with E-state index in [-0.39, 0.29) is 11.3 Å². The van der Waals surface area contributed by atoms with Crippen LogP contribution in [0.2, 0.25) is 0 Å². The Hall–Kier alpha value is -1.48. The van der Waals surface area contributed by atoms with Gasteiger partial charge in [0, 0.05) is 0 Å². The summed E-state index contributed by atoms with van der Waals surface area (Å²) in [5.41, 5.74) is 1.04. The standard InChI is InChI=1S/C12H9FOS/c1-8-6-7-15-12(8)11(14)9-4-2-3-5-10(9)13/h2-7H,1H3. The van der Waals surface area contributed by atoms with Crippen molar-refractivity contribution in [3.8, 4) is 0 Å². The topological polar surface area (TPSA) is 17.1 Å². The van der Waals surface area contributed by atoms with Gasteiger partial charge >= 0.3 is 0 Å². The molecule has 0 aliphatic carbocycles. The van der Waals surface area contributed by atoms with Crippen molar-refractivity contribution in [2.24, 2.45) is 0 Å². The van der Waals surface area contributed by atoms with Gasteiger partial charge in [-0.05, 0) is 36.1 Å². The first-order valence-electron chi connectivity index (χ1n) is 4.53. The van der Waals surface area contributed by atoms with E-state index in [2.05, 4.69) is 0 Å². The molecule has 0 amide bonds. The van der Waals surface area contributed by atoms with Gasteiger partial charge in [-0.1, -0.05) is 12.1 Å². The van der Waals surface area contributed by atoms with Crippen LogP contribution in [0.5, 0.6) is 0 Å². The fourth-order valence-electron chi connectivity index (χ4n) is 1.37. The van der Waals surface area contributed by atoms with Crippen molar-refractivity contribution in [2.45, 2.75) is 6.92 Å². The maximum atomic E-state index is 13.3. The average Bonchev–Trinajstić information content (AvgIpc) is 2.64. The lowest BCUT2D eigenvalue weighted by molar-refractivity contribution is 0.103. The van der Waals surface area contributed by atoms with Gasteiger partial charge in [0.1, 0.15) is 5.82 Å². The molecule has 0 aliphatic heterocycles. The highest BCUT2D eigenvalue weighted by Crippen LogP contribution is 2.21. The van der Waals surface area contributed by atoms with Crippen molar-refractivity contribution in [3.05, 3.63) is 57.5 Å².